The zero-order chi connectivity index (χ0) is 14.9. The lowest BCUT2D eigenvalue weighted by Crippen LogP contribution is -2.40. The summed E-state index contributed by atoms with van der Waals surface area (Å²) in [6.07, 6.45) is 1.50. The molecule has 0 aromatic heterocycles. The molecule has 110 valence electrons. The molecule has 3 rings (SSSR count). The van der Waals surface area contributed by atoms with Gasteiger partial charge in [-0.1, -0.05) is 12.2 Å². The van der Waals surface area contributed by atoms with E-state index in [1.807, 2.05) is 0 Å². The first-order valence-electron chi connectivity index (χ1n) is 5.36. The van der Waals surface area contributed by atoms with Crippen molar-refractivity contribution in [3.8, 4) is 0 Å². The number of hydrogen-bond donors (Lipinski definition) is 0. The first kappa shape index (κ1) is 13.5. The van der Waals surface area contributed by atoms with Crippen LogP contribution in [0.25, 0.3) is 0 Å². The highest BCUT2D eigenvalue weighted by atomic mass is 32.2. The van der Waals surface area contributed by atoms with Crippen LogP contribution in [0.15, 0.2) is 12.2 Å². The molecule has 0 saturated carbocycles. The number of carbonyl (C=O) groups is 2. The molecule has 4 atom stereocenters. The number of fused-ring (bicyclic) bond motifs is 5. The Morgan fingerprint density at radius 2 is 1.55 bits per heavy atom. The van der Waals surface area contributed by atoms with Crippen molar-refractivity contribution in [2.24, 2.45) is 11.8 Å². The maximum Gasteiger partial charge on any atom is 0.525 e. The molecule has 2 fully saturated rings. The third kappa shape index (κ3) is 1.63. The van der Waals surface area contributed by atoms with Crippen LogP contribution < -0.4 is 0 Å². The molecular weight excluding hydrogens is 307 g/mol. The highest BCUT2D eigenvalue weighted by Gasteiger charge is 2.63. The number of carbonyl (C=O) groups excluding carboxylic acids is 2. The van der Waals surface area contributed by atoms with Gasteiger partial charge in [0.25, 0.3) is 11.8 Å². The molecule has 2 saturated heterocycles. The van der Waals surface area contributed by atoms with Crippen molar-refractivity contribution >= 4 is 21.9 Å². The molecule has 3 aliphatic rings. The van der Waals surface area contributed by atoms with E-state index in [1.165, 1.54) is 12.2 Å². The molecule has 3 aliphatic heterocycles. The molecule has 3 unspecified atom stereocenters. The third-order valence-corrected chi connectivity index (χ3v) is 4.24. The zero-order valence-corrected chi connectivity index (χ0v) is 10.2. The van der Waals surface area contributed by atoms with Crippen LogP contribution in [-0.4, -0.2) is 43.0 Å². The van der Waals surface area contributed by atoms with Crippen LogP contribution in [-0.2, 0) is 28.7 Å². The smallest absolute Gasteiger partial charge is 0.365 e. The normalized spacial score (nSPS) is 36.0. The van der Waals surface area contributed by atoms with Crippen molar-refractivity contribution in [2.45, 2.75) is 17.7 Å². The summed E-state index contributed by atoms with van der Waals surface area (Å²) < 4.78 is 67.2. The van der Waals surface area contributed by atoms with Crippen molar-refractivity contribution in [3.63, 3.8) is 0 Å². The molecule has 0 aromatic rings. The van der Waals surface area contributed by atoms with E-state index in [2.05, 4.69) is 4.28 Å². The fourth-order valence-electron chi connectivity index (χ4n) is 2.49. The topological polar surface area (TPSA) is 90.0 Å². The highest BCUT2D eigenvalue weighted by molar-refractivity contribution is 7.87. The maximum absolute atomic E-state index is 12.2. The number of alkyl halides is 3. The van der Waals surface area contributed by atoms with Crippen LogP contribution in [0, 0.1) is 11.8 Å². The van der Waals surface area contributed by atoms with Crippen molar-refractivity contribution in [3.05, 3.63) is 12.2 Å². The summed E-state index contributed by atoms with van der Waals surface area (Å²) in [5.41, 5.74) is -5.72. The average molecular weight is 313 g/mol. The highest BCUT2D eigenvalue weighted by Crippen LogP contribution is 2.45. The second kappa shape index (κ2) is 3.80. The van der Waals surface area contributed by atoms with Gasteiger partial charge in [0.2, 0.25) is 0 Å². The van der Waals surface area contributed by atoms with Gasteiger partial charge in [0.05, 0.1) is 24.0 Å². The van der Waals surface area contributed by atoms with Gasteiger partial charge in [-0.3, -0.25) is 9.59 Å². The third-order valence-electron chi connectivity index (χ3n) is 3.33. The number of imide groups is 1. The van der Waals surface area contributed by atoms with Gasteiger partial charge in [0.1, 0.15) is 0 Å². The minimum absolute atomic E-state index is 0.326. The van der Waals surface area contributed by atoms with Gasteiger partial charge in [-0.05, 0) is 0 Å². The van der Waals surface area contributed by atoms with E-state index in [4.69, 9.17) is 4.74 Å². The molecule has 0 spiro atoms. The van der Waals surface area contributed by atoms with Gasteiger partial charge in [0, 0.05) is 0 Å². The van der Waals surface area contributed by atoms with Crippen LogP contribution in [0.1, 0.15) is 0 Å². The SMILES string of the molecule is O=C1C2C3C=C[C@@H](O3)C2C(=O)N1OS(=O)(=O)C(F)(F)F. The van der Waals surface area contributed by atoms with E-state index < -0.39 is 51.5 Å². The van der Waals surface area contributed by atoms with E-state index in [0.717, 1.165) is 0 Å². The lowest BCUT2D eigenvalue weighted by atomic mass is 9.85. The van der Waals surface area contributed by atoms with Gasteiger partial charge < -0.3 is 4.74 Å². The van der Waals surface area contributed by atoms with Crippen LogP contribution in [0.4, 0.5) is 13.2 Å². The summed E-state index contributed by atoms with van der Waals surface area (Å²) in [6, 6.07) is 0. The molecule has 7 nitrogen and oxygen atoms in total. The van der Waals surface area contributed by atoms with Crippen LogP contribution in [0.3, 0.4) is 0 Å². The van der Waals surface area contributed by atoms with Crippen LogP contribution >= 0.6 is 0 Å². The number of nitrogens with zero attached hydrogens (tertiary/aromatic N) is 1. The van der Waals surface area contributed by atoms with Crippen LogP contribution in [0.2, 0.25) is 0 Å². The van der Waals surface area contributed by atoms with Crippen molar-refractivity contribution in [2.75, 3.05) is 0 Å². The maximum atomic E-state index is 12.2. The lowest BCUT2D eigenvalue weighted by molar-refractivity contribution is -0.171. The fourth-order valence-corrected chi connectivity index (χ4v) is 2.92. The minimum Gasteiger partial charge on any atom is -0.365 e. The summed E-state index contributed by atoms with van der Waals surface area (Å²) in [7, 11) is -6.07. The Hall–Kier alpha value is -1.46. The van der Waals surface area contributed by atoms with Crippen molar-refractivity contribution < 1.29 is 40.2 Å². The largest absolute Gasteiger partial charge is 0.525 e. The van der Waals surface area contributed by atoms with E-state index in [-0.39, 0.29) is 5.06 Å². The number of hydrogen-bond acceptors (Lipinski definition) is 6. The van der Waals surface area contributed by atoms with E-state index in [9.17, 15) is 31.2 Å². The Labute approximate surface area is 110 Å². The molecule has 0 radical (unpaired) electrons. The minimum atomic E-state index is -6.07. The summed E-state index contributed by atoms with van der Waals surface area (Å²) >= 11 is 0. The van der Waals surface area contributed by atoms with E-state index >= 15 is 0 Å². The summed E-state index contributed by atoms with van der Waals surface area (Å²) in [6.45, 7) is 0. The molecule has 2 amide bonds. The van der Waals surface area contributed by atoms with E-state index in [1.54, 1.807) is 0 Å². The number of hydroxylamine groups is 2. The lowest BCUT2D eigenvalue weighted by Gasteiger charge is -2.16. The summed E-state index contributed by atoms with van der Waals surface area (Å²) in [5.74, 6) is -4.38. The van der Waals surface area contributed by atoms with Crippen molar-refractivity contribution in [1.82, 2.24) is 5.06 Å². The van der Waals surface area contributed by atoms with Gasteiger partial charge in [-0.15, -0.1) is 9.35 Å². The molecule has 0 aliphatic carbocycles. The second-order valence-corrected chi connectivity index (χ2v) is 5.97. The predicted octanol–water partition coefficient (Wildman–Crippen LogP) is -0.294. The van der Waals surface area contributed by atoms with E-state index in [0.29, 0.717) is 0 Å². The first-order chi connectivity index (χ1) is 9.13. The molecule has 0 N–H and O–H groups in total. The number of rotatable bonds is 2. The molecule has 2 bridgehead atoms. The fraction of sp³-hybridized carbons (Fsp3) is 0.556. The zero-order valence-electron chi connectivity index (χ0n) is 9.40. The monoisotopic (exact) mass is 313 g/mol. The Morgan fingerprint density at radius 1 is 1.10 bits per heavy atom. The predicted molar refractivity (Wildman–Crippen MR) is 52.7 cm³/mol. The van der Waals surface area contributed by atoms with Gasteiger partial charge in [-0.2, -0.15) is 21.6 Å². The number of ether oxygens (including phenoxy) is 1. The quantitative estimate of drug-likeness (QED) is 0.395. The first-order valence-corrected chi connectivity index (χ1v) is 6.77. The Morgan fingerprint density at radius 3 is 1.95 bits per heavy atom. The second-order valence-electron chi connectivity index (χ2n) is 4.45. The molecule has 11 heteroatoms. The van der Waals surface area contributed by atoms with Crippen LogP contribution in [0.5, 0.6) is 0 Å². The van der Waals surface area contributed by atoms with Crippen molar-refractivity contribution in [1.29, 1.82) is 0 Å². The summed E-state index contributed by atoms with van der Waals surface area (Å²) in [4.78, 5) is 23.7. The number of amides is 2. The summed E-state index contributed by atoms with van der Waals surface area (Å²) in [5, 5.41) is -0.326. The molecule has 0 aromatic carbocycles. The molecule has 20 heavy (non-hydrogen) atoms. The Bertz CT molecular complexity index is 596. The number of halogens is 3. The Kier molecular flexibility index (Phi) is 2.57. The average Bonchev–Trinajstić information content (AvgIpc) is 2.97. The van der Waals surface area contributed by atoms with Gasteiger partial charge >= 0.3 is 15.6 Å². The Balaban J connectivity index is 1.88. The van der Waals surface area contributed by atoms with Gasteiger partial charge in [0.15, 0.2) is 0 Å². The molecular formula is C9H6F3NO6S. The van der Waals surface area contributed by atoms with Gasteiger partial charge in [-0.25, -0.2) is 0 Å². The molecule has 3 heterocycles. The standard InChI is InChI=1S/C9H6F3NO6S/c10-9(11,12)20(16,17)19-13-7(14)5-3-1-2-4(18-3)6(5)8(13)15/h1-6H/t3-,4?,5?,6?/m1/s1.